The van der Waals surface area contributed by atoms with Crippen LogP contribution >= 0.6 is 12.6 Å². The molecule has 23 heavy (non-hydrogen) atoms. The number of unbranched alkanes of at least 4 members (excludes halogenated alkanes) is 8. The fourth-order valence-corrected chi connectivity index (χ4v) is 2.80. The van der Waals surface area contributed by atoms with Crippen molar-refractivity contribution in [3.63, 3.8) is 0 Å². The predicted molar refractivity (Wildman–Crippen MR) is 102 cm³/mol. The minimum Gasteiger partial charge on any atom is -0.179 e. The molecule has 0 spiro atoms. The second-order valence-electron chi connectivity index (χ2n) is 5.91. The Kier molecular flexibility index (Phi) is 19.9. The molecule has 0 aromatic carbocycles. The van der Waals surface area contributed by atoms with Crippen molar-refractivity contribution in [2.24, 2.45) is 0 Å². The van der Waals surface area contributed by atoms with Gasteiger partial charge in [0.1, 0.15) is 0 Å². The molecule has 0 heterocycles. The van der Waals surface area contributed by atoms with Crippen LogP contribution in [0.25, 0.3) is 0 Å². The minimum atomic E-state index is 0. The molecular weight excluding hydrogens is 340 g/mol. The molecule has 2 saturated carbocycles. The largest absolute Gasteiger partial charge is 2.00 e. The van der Waals surface area contributed by atoms with Crippen molar-refractivity contribution < 1.29 is 17.1 Å². The SMILES string of the molecule is SCCCCCCCCCCC[C]1[CH][CH][CH][CH]1.[CH]1[CH][CH][CH][CH]1.[Fe+2]. The maximum absolute atomic E-state index is 4.23. The maximum atomic E-state index is 4.23. The third kappa shape index (κ3) is 16.1. The average molecular weight is 372 g/mol. The molecular formula is C21H32FeS+2. The Hall–Kier alpha value is 0.869. The average Bonchev–Trinajstić information content (AvgIpc) is 3.25. The molecule has 0 bridgehead atoms. The Morgan fingerprint density at radius 2 is 0.913 bits per heavy atom. The Morgan fingerprint density at radius 1 is 0.522 bits per heavy atom. The fourth-order valence-electron chi connectivity index (χ4n) is 2.58. The molecule has 2 heteroatoms. The third-order valence-electron chi connectivity index (χ3n) is 3.91. The van der Waals surface area contributed by atoms with Crippen LogP contribution < -0.4 is 0 Å². The van der Waals surface area contributed by atoms with Gasteiger partial charge in [-0.05, 0) is 82.3 Å². The van der Waals surface area contributed by atoms with Gasteiger partial charge < -0.3 is 0 Å². The number of rotatable bonds is 11. The first-order valence-electron chi connectivity index (χ1n) is 8.91. The van der Waals surface area contributed by atoms with E-state index in [0.717, 1.165) is 5.75 Å². The molecule has 0 atom stereocenters. The predicted octanol–water partition coefficient (Wildman–Crippen LogP) is 6.24. The summed E-state index contributed by atoms with van der Waals surface area (Å²) >= 11 is 4.23. The van der Waals surface area contributed by atoms with E-state index in [4.69, 9.17) is 0 Å². The summed E-state index contributed by atoms with van der Waals surface area (Å²) in [7, 11) is 0. The van der Waals surface area contributed by atoms with E-state index in [1.807, 2.05) is 32.1 Å². The van der Waals surface area contributed by atoms with Gasteiger partial charge in [-0.2, -0.15) is 12.6 Å². The van der Waals surface area contributed by atoms with E-state index in [-0.39, 0.29) is 17.1 Å². The molecule has 0 unspecified atom stereocenters. The van der Waals surface area contributed by atoms with E-state index in [1.165, 1.54) is 70.1 Å². The van der Waals surface area contributed by atoms with Crippen LogP contribution in [0.1, 0.15) is 64.2 Å². The zero-order valence-electron chi connectivity index (χ0n) is 14.3. The van der Waals surface area contributed by atoms with Gasteiger partial charge in [0.2, 0.25) is 0 Å². The van der Waals surface area contributed by atoms with Gasteiger partial charge in [0.05, 0.1) is 0 Å². The molecule has 2 aliphatic carbocycles. The smallest absolute Gasteiger partial charge is 0.179 e. The van der Waals surface area contributed by atoms with E-state index in [9.17, 15) is 0 Å². The van der Waals surface area contributed by atoms with Crippen LogP contribution in [0.4, 0.5) is 0 Å². The van der Waals surface area contributed by atoms with Crippen molar-refractivity contribution in [2.45, 2.75) is 64.2 Å². The molecule has 2 fully saturated rings. The molecule has 0 aromatic rings. The first-order chi connectivity index (χ1) is 10.9. The molecule has 0 amide bonds. The molecule has 0 N–H and O–H groups in total. The number of hydrogen-bond donors (Lipinski definition) is 1. The first-order valence-corrected chi connectivity index (χ1v) is 9.55. The zero-order valence-corrected chi connectivity index (χ0v) is 16.3. The molecule has 0 aliphatic heterocycles. The van der Waals surface area contributed by atoms with Crippen LogP contribution in [0.3, 0.4) is 0 Å². The molecule has 0 nitrogen and oxygen atoms in total. The molecule has 10 radical (unpaired) electrons. The summed E-state index contributed by atoms with van der Waals surface area (Å²) in [6.45, 7) is 0. The third-order valence-corrected chi connectivity index (χ3v) is 4.23. The molecule has 128 valence electrons. The van der Waals surface area contributed by atoms with Gasteiger partial charge in [-0.15, -0.1) is 0 Å². The normalized spacial score (nSPS) is 17.6. The van der Waals surface area contributed by atoms with Crippen LogP contribution in [0.15, 0.2) is 0 Å². The van der Waals surface area contributed by atoms with Crippen molar-refractivity contribution in [1.82, 2.24) is 0 Å². The van der Waals surface area contributed by atoms with Crippen molar-refractivity contribution in [3.8, 4) is 0 Å². The Morgan fingerprint density at radius 3 is 1.35 bits per heavy atom. The van der Waals surface area contributed by atoms with Crippen molar-refractivity contribution in [1.29, 1.82) is 0 Å². The van der Waals surface area contributed by atoms with E-state index >= 15 is 0 Å². The van der Waals surface area contributed by atoms with Crippen molar-refractivity contribution >= 4 is 12.6 Å². The van der Waals surface area contributed by atoms with Gasteiger partial charge >= 0.3 is 17.1 Å². The Labute approximate surface area is 163 Å². The van der Waals surface area contributed by atoms with E-state index in [0.29, 0.717) is 0 Å². The number of thiol groups is 1. The quantitative estimate of drug-likeness (QED) is 0.248. The van der Waals surface area contributed by atoms with E-state index in [1.54, 1.807) is 0 Å². The fraction of sp³-hybridized carbons (Fsp3) is 0.524. The van der Waals surface area contributed by atoms with Crippen molar-refractivity contribution in [3.05, 3.63) is 63.7 Å². The summed E-state index contributed by atoms with van der Waals surface area (Å²) in [5.74, 6) is 2.57. The van der Waals surface area contributed by atoms with Crippen LogP contribution in [-0.4, -0.2) is 5.75 Å². The van der Waals surface area contributed by atoms with E-state index < -0.39 is 0 Å². The monoisotopic (exact) mass is 372 g/mol. The summed E-state index contributed by atoms with van der Waals surface area (Å²) in [5, 5.41) is 0. The standard InChI is InChI=1S/C16H27S.C5H5.Fe/c17-15-11-7-5-3-1-2-4-6-8-12-16-13-9-10-14-16;1-2-4-5-3-1;/h9-10,13-14,17H,1-8,11-12,15H2;1-5H;/q;;+2. The van der Waals surface area contributed by atoms with Crippen LogP contribution in [-0.2, 0) is 17.1 Å². The van der Waals surface area contributed by atoms with Gasteiger partial charge in [0.25, 0.3) is 0 Å². The van der Waals surface area contributed by atoms with Crippen LogP contribution in [0.2, 0.25) is 0 Å². The van der Waals surface area contributed by atoms with Gasteiger partial charge in [-0.25, -0.2) is 0 Å². The van der Waals surface area contributed by atoms with Crippen LogP contribution in [0.5, 0.6) is 0 Å². The van der Waals surface area contributed by atoms with Gasteiger partial charge in [0, 0.05) is 0 Å². The second-order valence-corrected chi connectivity index (χ2v) is 6.36. The van der Waals surface area contributed by atoms with E-state index in [2.05, 4.69) is 38.3 Å². The number of hydrogen-bond acceptors (Lipinski definition) is 1. The molecule has 0 saturated heterocycles. The van der Waals surface area contributed by atoms with Gasteiger partial charge in [-0.1, -0.05) is 51.4 Å². The summed E-state index contributed by atoms with van der Waals surface area (Å²) < 4.78 is 0. The minimum absolute atomic E-state index is 0. The second kappa shape index (κ2) is 19.2. The van der Waals surface area contributed by atoms with Gasteiger partial charge in [0.15, 0.2) is 0 Å². The Balaban J connectivity index is 0.000000684. The summed E-state index contributed by atoms with van der Waals surface area (Å²) in [4.78, 5) is 0. The summed E-state index contributed by atoms with van der Waals surface area (Å²) in [6, 6.07) is 0. The van der Waals surface area contributed by atoms with Gasteiger partial charge in [-0.3, -0.25) is 0 Å². The molecule has 2 rings (SSSR count). The van der Waals surface area contributed by atoms with Crippen LogP contribution in [0, 0.1) is 63.7 Å². The topological polar surface area (TPSA) is 0 Å². The maximum Gasteiger partial charge on any atom is 2.00 e. The van der Waals surface area contributed by atoms with Crippen molar-refractivity contribution in [2.75, 3.05) is 5.75 Å². The molecule has 0 aromatic heterocycles. The summed E-state index contributed by atoms with van der Waals surface area (Å²) in [6.07, 6.45) is 32.6. The Bertz CT molecular complexity index is 202. The zero-order chi connectivity index (χ0) is 15.7. The molecule has 2 aliphatic rings. The first kappa shape index (κ1) is 23.9. The summed E-state index contributed by atoms with van der Waals surface area (Å²) in [5.41, 5.74) is 0.